The number of halogens is 2. The first kappa shape index (κ1) is 11.4. The summed E-state index contributed by atoms with van der Waals surface area (Å²) in [5.74, 6) is 1.18. The second kappa shape index (κ2) is 4.80. The van der Waals surface area contributed by atoms with E-state index in [0.717, 1.165) is 15.8 Å². The number of rotatable bonds is 2. The van der Waals surface area contributed by atoms with Gasteiger partial charge < -0.3 is 4.74 Å². The molecule has 0 amide bonds. The third-order valence-corrected chi connectivity index (χ3v) is 2.66. The van der Waals surface area contributed by atoms with Gasteiger partial charge in [0.25, 0.3) is 0 Å². The Hall–Kier alpha value is -1.13. The third kappa shape index (κ3) is 2.71. The van der Waals surface area contributed by atoms with Gasteiger partial charge in [-0.05, 0) is 30.7 Å². The van der Waals surface area contributed by atoms with Crippen molar-refractivity contribution < 1.29 is 4.74 Å². The molecule has 0 radical (unpaired) electrons. The van der Waals surface area contributed by atoms with E-state index >= 15 is 0 Å². The zero-order chi connectivity index (χ0) is 11.5. The molecule has 82 valence electrons. The van der Waals surface area contributed by atoms with E-state index in [0.29, 0.717) is 11.0 Å². The molecule has 0 saturated heterocycles. The molecule has 0 aliphatic carbocycles. The maximum Gasteiger partial charge on any atom is 0.223 e. The van der Waals surface area contributed by atoms with Gasteiger partial charge in [-0.25, -0.2) is 9.97 Å². The topological polar surface area (TPSA) is 35.0 Å². The predicted octanol–water partition coefficient (Wildman–Crippen LogP) is 3.99. The normalized spacial score (nSPS) is 10.2. The quantitative estimate of drug-likeness (QED) is 0.786. The van der Waals surface area contributed by atoms with E-state index in [1.54, 1.807) is 6.07 Å². The van der Waals surface area contributed by atoms with E-state index in [9.17, 15) is 0 Å². The predicted molar refractivity (Wildman–Crippen MR) is 66.0 cm³/mol. The van der Waals surface area contributed by atoms with Crippen molar-refractivity contribution in [1.29, 1.82) is 0 Å². The fourth-order valence-electron chi connectivity index (χ4n) is 1.21. The molecule has 3 nitrogen and oxygen atoms in total. The van der Waals surface area contributed by atoms with E-state index in [1.807, 2.05) is 25.1 Å². The molecule has 0 saturated carbocycles. The van der Waals surface area contributed by atoms with Crippen LogP contribution in [0.5, 0.6) is 11.6 Å². The first-order chi connectivity index (χ1) is 7.65. The minimum atomic E-state index is 0.361. The van der Waals surface area contributed by atoms with E-state index in [4.69, 9.17) is 16.3 Å². The van der Waals surface area contributed by atoms with Gasteiger partial charge in [0.05, 0.1) is 0 Å². The molecule has 0 bridgehead atoms. The molecule has 1 heterocycles. The Morgan fingerprint density at radius 3 is 2.75 bits per heavy atom. The maximum absolute atomic E-state index is 5.74. The van der Waals surface area contributed by atoms with Crippen LogP contribution in [0.1, 0.15) is 5.56 Å². The van der Waals surface area contributed by atoms with E-state index in [1.165, 1.54) is 6.33 Å². The molecule has 0 atom stereocenters. The fourth-order valence-corrected chi connectivity index (χ4v) is 1.83. The lowest BCUT2D eigenvalue weighted by Gasteiger charge is -2.07. The van der Waals surface area contributed by atoms with Crippen molar-refractivity contribution in [3.63, 3.8) is 0 Å². The van der Waals surface area contributed by atoms with Crippen molar-refractivity contribution in [1.82, 2.24) is 9.97 Å². The summed E-state index contributed by atoms with van der Waals surface area (Å²) in [6.07, 6.45) is 1.37. The van der Waals surface area contributed by atoms with Crippen LogP contribution in [-0.2, 0) is 0 Å². The maximum atomic E-state index is 5.74. The van der Waals surface area contributed by atoms with Gasteiger partial charge in [-0.2, -0.15) is 0 Å². The summed E-state index contributed by atoms with van der Waals surface area (Å²) in [5.41, 5.74) is 1.02. The number of nitrogens with zero attached hydrogens (tertiary/aromatic N) is 2. The Balaban J connectivity index is 2.27. The molecule has 0 aliphatic heterocycles. The first-order valence-corrected chi connectivity index (χ1v) is 5.74. The second-order valence-corrected chi connectivity index (χ2v) is 4.49. The summed E-state index contributed by atoms with van der Waals surface area (Å²) in [7, 11) is 0. The van der Waals surface area contributed by atoms with E-state index in [-0.39, 0.29) is 0 Å². The van der Waals surface area contributed by atoms with Gasteiger partial charge >= 0.3 is 0 Å². The van der Waals surface area contributed by atoms with Crippen LogP contribution in [0.15, 0.2) is 35.1 Å². The van der Waals surface area contributed by atoms with Gasteiger partial charge in [0.2, 0.25) is 5.88 Å². The van der Waals surface area contributed by atoms with Crippen molar-refractivity contribution in [2.24, 2.45) is 0 Å². The van der Waals surface area contributed by atoms with Crippen LogP contribution in [-0.4, -0.2) is 9.97 Å². The largest absolute Gasteiger partial charge is 0.439 e. The van der Waals surface area contributed by atoms with Crippen LogP contribution in [0, 0.1) is 6.92 Å². The fraction of sp³-hybridized carbons (Fsp3) is 0.0909. The van der Waals surface area contributed by atoms with Crippen molar-refractivity contribution in [3.8, 4) is 11.6 Å². The van der Waals surface area contributed by atoms with Crippen molar-refractivity contribution in [2.75, 3.05) is 0 Å². The van der Waals surface area contributed by atoms with Gasteiger partial charge in [0.15, 0.2) is 0 Å². The number of aryl methyl sites for hydroxylation is 1. The van der Waals surface area contributed by atoms with Gasteiger partial charge in [0.1, 0.15) is 17.2 Å². The molecule has 5 heteroatoms. The average Bonchev–Trinajstić information content (AvgIpc) is 2.22. The first-order valence-electron chi connectivity index (χ1n) is 4.57. The zero-order valence-electron chi connectivity index (χ0n) is 8.45. The molecule has 2 rings (SSSR count). The molecule has 0 unspecified atom stereocenters. The highest BCUT2D eigenvalue weighted by molar-refractivity contribution is 9.10. The Bertz CT molecular complexity index is 519. The molecule has 1 aromatic heterocycles. The summed E-state index contributed by atoms with van der Waals surface area (Å²) in [4.78, 5) is 7.75. The summed E-state index contributed by atoms with van der Waals surface area (Å²) >= 11 is 9.13. The molecule has 0 spiro atoms. The molecule has 16 heavy (non-hydrogen) atoms. The molecular formula is C11H8BrClN2O. The highest BCUT2D eigenvalue weighted by Gasteiger charge is 2.03. The van der Waals surface area contributed by atoms with Crippen LogP contribution >= 0.6 is 27.5 Å². The minimum Gasteiger partial charge on any atom is -0.439 e. The molecule has 0 N–H and O–H groups in total. The van der Waals surface area contributed by atoms with E-state index in [2.05, 4.69) is 25.9 Å². The van der Waals surface area contributed by atoms with Gasteiger partial charge in [-0.15, -0.1) is 0 Å². The molecule has 2 aromatic rings. The average molecular weight is 300 g/mol. The molecule has 0 aliphatic rings. The van der Waals surface area contributed by atoms with Gasteiger partial charge in [-0.3, -0.25) is 0 Å². The molecular weight excluding hydrogens is 291 g/mol. The summed E-state index contributed by atoms with van der Waals surface area (Å²) in [5, 5.41) is 0.361. The Labute approximate surface area is 107 Å². The summed E-state index contributed by atoms with van der Waals surface area (Å²) in [6.45, 7) is 1.96. The minimum absolute atomic E-state index is 0.361. The smallest absolute Gasteiger partial charge is 0.223 e. The lowest BCUT2D eigenvalue weighted by atomic mass is 10.2. The summed E-state index contributed by atoms with van der Waals surface area (Å²) < 4.78 is 6.60. The third-order valence-electron chi connectivity index (χ3n) is 1.96. The van der Waals surface area contributed by atoms with Crippen LogP contribution in [0.2, 0.25) is 5.15 Å². The molecule has 0 fully saturated rings. The van der Waals surface area contributed by atoms with Crippen molar-refractivity contribution in [3.05, 3.63) is 45.8 Å². The summed E-state index contributed by atoms with van der Waals surface area (Å²) in [6, 6.07) is 7.32. The van der Waals surface area contributed by atoms with Crippen LogP contribution < -0.4 is 4.74 Å². The Kier molecular flexibility index (Phi) is 3.41. The van der Waals surface area contributed by atoms with Crippen molar-refractivity contribution >= 4 is 27.5 Å². The van der Waals surface area contributed by atoms with Crippen LogP contribution in [0.4, 0.5) is 0 Å². The van der Waals surface area contributed by atoms with Gasteiger partial charge in [0, 0.05) is 10.5 Å². The number of ether oxygens (including phenoxy) is 1. The Morgan fingerprint density at radius 2 is 2.06 bits per heavy atom. The highest BCUT2D eigenvalue weighted by Crippen LogP contribution is 2.26. The van der Waals surface area contributed by atoms with E-state index < -0.39 is 0 Å². The van der Waals surface area contributed by atoms with Crippen LogP contribution in [0.3, 0.4) is 0 Å². The molecule has 1 aromatic carbocycles. The number of hydrogen-bond donors (Lipinski definition) is 0. The van der Waals surface area contributed by atoms with Crippen LogP contribution in [0.25, 0.3) is 0 Å². The Morgan fingerprint density at radius 1 is 1.25 bits per heavy atom. The SMILES string of the molecule is Cc1cc(Br)ccc1Oc1cc(Cl)ncn1. The lowest BCUT2D eigenvalue weighted by Crippen LogP contribution is -1.91. The number of aromatic nitrogens is 2. The van der Waals surface area contributed by atoms with Crippen molar-refractivity contribution in [2.45, 2.75) is 6.92 Å². The zero-order valence-corrected chi connectivity index (χ0v) is 10.8. The van der Waals surface area contributed by atoms with Gasteiger partial charge in [-0.1, -0.05) is 27.5 Å². The number of benzene rings is 1. The standard InChI is InChI=1S/C11H8BrClN2O/c1-7-4-8(12)2-3-9(7)16-11-5-10(13)14-6-15-11/h2-6H,1H3. The second-order valence-electron chi connectivity index (χ2n) is 3.19. The lowest BCUT2D eigenvalue weighted by molar-refractivity contribution is 0.458. The highest BCUT2D eigenvalue weighted by atomic mass is 79.9. The monoisotopic (exact) mass is 298 g/mol. The number of hydrogen-bond acceptors (Lipinski definition) is 3.